The second kappa shape index (κ2) is 7.02. The maximum absolute atomic E-state index is 4.60. The predicted octanol–water partition coefficient (Wildman–Crippen LogP) is 1.70. The Morgan fingerprint density at radius 2 is 2.29 bits per heavy atom. The van der Waals surface area contributed by atoms with Gasteiger partial charge < -0.3 is 5.32 Å². The van der Waals surface area contributed by atoms with Gasteiger partial charge in [0.1, 0.15) is 0 Å². The zero-order valence-electron chi connectivity index (χ0n) is 12.5. The summed E-state index contributed by atoms with van der Waals surface area (Å²) in [5, 5.41) is 8.08. The summed E-state index contributed by atoms with van der Waals surface area (Å²) in [6.07, 6.45) is 5.80. The number of halogens is 1. The van der Waals surface area contributed by atoms with Gasteiger partial charge in [0.25, 0.3) is 0 Å². The first-order valence-electron chi connectivity index (χ1n) is 7.11. The maximum atomic E-state index is 4.60. The zero-order chi connectivity index (χ0) is 13.9. The van der Waals surface area contributed by atoms with E-state index in [0.717, 1.165) is 37.4 Å². The first-order valence-corrected chi connectivity index (χ1v) is 7.11. The largest absolute Gasteiger partial charge is 0.312 e. The molecule has 3 rings (SSSR count). The minimum absolute atomic E-state index is 0. The Hall–Kier alpha value is -1.43. The average molecular weight is 308 g/mol. The van der Waals surface area contributed by atoms with E-state index < -0.39 is 0 Å². The Labute approximate surface area is 131 Å². The Morgan fingerprint density at radius 1 is 1.43 bits per heavy atom. The van der Waals surface area contributed by atoms with Gasteiger partial charge >= 0.3 is 0 Å². The van der Waals surface area contributed by atoms with Gasteiger partial charge in [-0.3, -0.25) is 14.6 Å². The highest BCUT2D eigenvalue weighted by molar-refractivity contribution is 5.85. The van der Waals surface area contributed by atoms with Crippen LogP contribution in [0.2, 0.25) is 0 Å². The number of nitrogens with one attached hydrogen (secondary N) is 1. The highest BCUT2D eigenvalue weighted by atomic mass is 35.5. The van der Waals surface area contributed by atoms with E-state index in [-0.39, 0.29) is 12.4 Å². The van der Waals surface area contributed by atoms with Gasteiger partial charge in [0.05, 0.1) is 5.69 Å². The van der Waals surface area contributed by atoms with E-state index in [1.165, 1.54) is 5.56 Å². The SMILES string of the molecule is CC1CN(Cc2cn(C)nc2-c2cccnc2)CCN1.Cl. The molecule has 2 aromatic rings. The molecule has 1 aliphatic rings. The third-order valence-electron chi connectivity index (χ3n) is 3.69. The number of pyridine rings is 1. The number of hydrogen-bond acceptors (Lipinski definition) is 4. The number of hydrogen-bond donors (Lipinski definition) is 1. The van der Waals surface area contributed by atoms with Crippen LogP contribution >= 0.6 is 12.4 Å². The van der Waals surface area contributed by atoms with Gasteiger partial charge in [-0.15, -0.1) is 12.4 Å². The van der Waals surface area contributed by atoms with E-state index >= 15 is 0 Å². The molecule has 3 heterocycles. The summed E-state index contributed by atoms with van der Waals surface area (Å²) in [5.41, 5.74) is 3.41. The van der Waals surface area contributed by atoms with Crippen LogP contribution in [0.3, 0.4) is 0 Å². The fraction of sp³-hybridized carbons (Fsp3) is 0.467. The van der Waals surface area contributed by atoms with Gasteiger partial charge in [-0.05, 0) is 19.1 Å². The number of rotatable bonds is 3. The molecule has 5 nitrogen and oxygen atoms in total. The summed E-state index contributed by atoms with van der Waals surface area (Å²) in [5.74, 6) is 0. The Kier molecular flexibility index (Phi) is 5.33. The molecular weight excluding hydrogens is 286 g/mol. The predicted molar refractivity (Wildman–Crippen MR) is 86.4 cm³/mol. The Morgan fingerprint density at radius 3 is 3.00 bits per heavy atom. The van der Waals surface area contributed by atoms with Gasteiger partial charge in [0.15, 0.2) is 0 Å². The summed E-state index contributed by atoms with van der Waals surface area (Å²) in [4.78, 5) is 6.68. The molecule has 1 fully saturated rings. The molecule has 114 valence electrons. The summed E-state index contributed by atoms with van der Waals surface area (Å²) < 4.78 is 1.89. The maximum Gasteiger partial charge on any atom is 0.0983 e. The number of nitrogens with zero attached hydrogens (tertiary/aromatic N) is 4. The van der Waals surface area contributed by atoms with E-state index in [1.54, 1.807) is 6.20 Å². The lowest BCUT2D eigenvalue weighted by atomic mass is 10.1. The molecule has 1 N–H and O–H groups in total. The van der Waals surface area contributed by atoms with Crippen LogP contribution in [0.5, 0.6) is 0 Å². The molecule has 6 heteroatoms. The van der Waals surface area contributed by atoms with Gasteiger partial charge in [0.2, 0.25) is 0 Å². The van der Waals surface area contributed by atoms with Crippen LogP contribution in [0.4, 0.5) is 0 Å². The minimum Gasteiger partial charge on any atom is -0.312 e. The standard InChI is InChI=1S/C15H21N5.ClH/c1-12-9-20(7-6-17-12)11-14-10-19(2)18-15(14)13-4-3-5-16-8-13;/h3-5,8,10,12,17H,6-7,9,11H2,1-2H3;1H. The molecule has 2 aromatic heterocycles. The zero-order valence-corrected chi connectivity index (χ0v) is 13.3. The smallest absolute Gasteiger partial charge is 0.0983 e. The Bertz CT molecular complexity index is 569. The summed E-state index contributed by atoms with van der Waals surface area (Å²) in [6, 6.07) is 4.59. The van der Waals surface area contributed by atoms with Crippen LogP contribution in [-0.4, -0.2) is 45.3 Å². The van der Waals surface area contributed by atoms with Crippen molar-refractivity contribution in [2.45, 2.75) is 19.5 Å². The molecule has 1 saturated heterocycles. The van der Waals surface area contributed by atoms with Crippen molar-refractivity contribution in [3.05, 3.63) is 36.3 Å². The molecule has 1 unspecified atom stereocenters. The average Bonchev–Trinajstić information content (AvgIpc) is 2.80. The van der Waals surface area contributed by atoms with Gasteiger partial charge in [0, 0.05) is 69.0 Å². The van der Waals surface area contributed by atoms with Crippen molar-refractivity contribution in [3.8, 4) is 11.3 Å². The third kappa shape index (κ3) is 3.81. The number of aryl methyl sites for hydroxylation is 1. The van der Waals surface area contributed by atoms with Crippen molar-refractivity contribution >= 4 is 12.4 Å². The van der Waals surface area contributed by atoms with Crippen LogP contribution in [-0.2, 0) is 13.6 Å². The topological polar surface area (TPSA) is 46.0 Å². The van der Waals surface area contributed by atoms with E-state index in [1.807, 2.05) is 24.0 Å². The first-order chi connectivity index (χ1) is 9.72. The van der Waals surface area contributed by atoms with Crippen molar-refractivity contribution < 1.29 is 0 Å². The van der Waals surface area contributed by atoms with Gasteiger partial charge in [-0.1, -0.05) is 0 Å². The first kappa shape index (κ1) is 15.9. The summed E-state index contributed by atoms with van der Waals surface area (Å²) in [6.45, 7) is 6.41. The lowest BCUT2D eigenvalue weighted by molar-refractivity contribution is 0.200. The molecule has 1 atom stereocenters. The second-order valence-corrected chi connectivity index (χ2v) is 5.51. The molecule has 1 aliphatic heterocycles. The van der Waals surface area contributed by atoms with E-state index in [4.69, 9.17) is 0 Å². The van der Waals surface area contributed by atoms with Crippen molar-refractivity contribution in [2.75, 3.05) is 19.6 Å². The summed E-state index contributed by atoms with van der Waals surface area (Å²) >= 11 is 0. The molecule has 0 radical (unpaired) electrons. The van der Waals surface area contributed by atoms with E-state index in [2.05, 4.69) is 39.5 Å². The second-order valence-electron chi connectivity index (χ2n) is 5.51. The number of aromatic nitrogens is 3. The molecule has 0 amide bonds. The van der Waals surface area contributed by atoms with Crippen LogP contribution in [0.15, 0.2) is 30.7 Å². The lowest BCUT2D eigenvalue weighted by Gasteiger charge is -2.31. The molecule has 0 spiro atoms. The molecular formula is C15H22ClN5. The molecule has 0 saturated carbocycles. The minimum atomic E-state index is 0. The normalized spacial score (nSPS) is 19.2. The van der Waals surface area contributed by atoms with Gasteiger partial charge in [-0.25, -0.2) is 0 Å². The summed E-state index contributed by atoms with van der Waals surface area (Å²) in [7, 11) is 1.98. The monoisotopic (exact) mass is 307 g/mol. The highest BCUT2D eigenvalue weighted by Gasteiger charge is 2.18. The van der Waals surface area contributed by atoms with E-state index in [9.17, 15) is 0 Å². The molecule has 0 bridgehead atoms. The van der Waals surface area contributed by atoms with Crippen LogP contribution in [0, 0.1) is 0 Å². The van der Waals surface area contributed by atoms with Crippen LogP contribution in [0.1, 0.15) is 12.5 Å². The number of piperazine rings is 1. The van der Waals surface area contributed by atoms with Crippen molar-refractivity contribution in [1.82, 2.24) is 25.0 Å². The van der Waals surface area contributed by atoms with Crippen LogP contribution < -0.4 is 5.32 Å². The fourth-order valence-corrected chi connectivity index (χ4v) is 2.80. The quantitative estimate of drug-likeness (QED) is 0.937. The van der Waals surface area contributed by atoms with Crippen molar-refractivity contribution in [1.29, 1.82) is 0 Å². The lowest BCUT2D eigenvalue weighted by Crippen LogP contribution is -2.48. The molecule has 21 heavy (non-hydrogen) atoms. The Balaban J connectivity index is 0.00000161. The van der Waals surface area contributed by atoms with Crippen LogP contribution in [0.25, 0.3) is 11.3 Å². The highest BCUT2D eigenvalue weighted by Crippen LogP contribution is 2.22. The van der Waals surface area contributed by atoms with Crippen molar-refractivity contribution in [2.24, 2.45) is 7.05 Å². The third-order valence-corrected chi connectivity index (χ3v) is 3.69. The van der Waals surface area contributed by atoms with E-state index in [0.29, 0.717) is 6.04 Å². The fourth-order valence-electron chi connectivity index (χ4n) is 2.80. The van der Waals surface area contributed by atoms with Gasteiger partial charge in [-0.2, -0.15) is 5.10 Å². The molecule has 0 aromatic carbocycles. The van der Waals surface area contributed by atoms with Crippen molar-refractivity contribution in [3.63, 3.8) is 0 Å². The molecule has 0 aliphatic carbocycles.